The Hall–Kier alpha value is -2.65. The summed E-state index contributed by atoms with van der Waals surface area (Å²) in [6.45, 7) is 4.28. The first-order chi connectivity index (χ1) is 14.2. The highest BCUT2D eigenvalue weighted by molar-refractivity contribution is 7.92. The summed E-state index contributed by atoms with van der Waals surface area (Å²) < 4.78 is 51.1. The van der Waals surface area contributed by atoms with Crippen molar-refractivity contribution in [2.45, 2.75) is 31.3 Å². The van der Waals surface area contributed by atoms with E-state index in [2.05, 4.69) is 5.32 Å². The van der Waals surface area contributed by atoms with Gasteiger partial charge in [0.05, 0.1) is 23.8 Å². The molecule has 1 N–H and O–H groups in total. The maximum absolute atomic E-state index is 13.2. The molecule has 0 heterocycles. The molecule has 1 amide bonds. The molecule has 0 aliphatic heterocycles. The number of amides is 1. The van der Waals surface area contributed by atoms with Gasteiger partial charge in [0.2, 0.25) is 5.91 Å². The summed E-state index contributed by atoms with van der Waals surface area (Å²) in [5.74, 6) is -0.458. The predicted octanol–water partition coefficient (Wildman–Crippen LogP) is 2.96. The third-order valence-corrected chi connectivity index (χ3v) is 5.93. The van der Waals surface area contributed by atoms with Crippen molar-refractivity contribution in [2.24, 2.45) is 0 Å². The molecule has 0 saturated carbocycles. The number of benzene rings is 2. The van der Waals surface area contributed by atoms with Crippen molar-refractivity contribution < 1.29 is 27.1 Å². The van der Waals surface area contributed by atoms with Gasteiger partial charge in [-0.05, 0) is 68.8 Å². The van der Waals surface area contributed by atoms with Gasteiger partial charge in [-0.15, -0.1) is 0 Å². The summed E-state index contributed by atoms with van der Waals surface area (Å²) in [5, 5.41) is 2.70. The lowest BCUT2D eigenvalue weighted by molar-refractivity contribution is -0.119. The summed E-state index contributed by atoms with van der Waals surface area (Å²) in [5.41, 5.74) is 0.290. The van der Waals surface area contributed by atoms with Gasteiger partial charge in [-0.3, -0.25) is 9.10 Å². The van der Waals surface area contributed by atoms with E-state index in [1.807, 2.05) is 13.8 Å². The molecule has 164 valence electrons. The Labute approximate surface area is 176 Å². The van der Waals surface area contributed by atoms with Gasteiger partial charge in [-0.1, -0.05) is 0 Å². The van der Waals surface area contributed by atoms with E-state index in [0.29, 0.717) is 31.0 Å². The molecule has 2 aromatic rings. The van der Waals surface area contributed by atoms with Gasteiger partial charge in [-0.25, -0.2) is 12.8 Å². The number of carbonyl (C=O) groups excluding carboxylic acids is 1. The van der Waals surface area contributed by atoms with Crippen LogP contribution >= 0.6 is 0 Å². The zero-order valence-electron chi connectivity index (χ0n) is 17.3. The van der Waals surface area contributed by atoms with Crippen LogP contribution in [0.3, 0.4) is 0 Å². The molecular formula is C21H27FN2O5S. The van der Waals surface area contributed by atoms with E-state index >= 15 is 0 Å². The minimum absolute atomic E-state index is 0.104. The van der Waals surface area contributed by atoms with Gasteiger partial charge in [0.15, 0.2) is 0 Å². The summed E-state index contributed by atoms with van der Waals surface area (Å²) in [6.07, 6.45) is 0.712. The monoisotopic (exact) mass is 438 g/mol. The molecule has 0 saturated heterocycles. The second-order valence-electron chi connectivity index (χ2n) is 6.79. The maximum atomic E-state index is 13.2. The number of carbonyl (C=O) groups is 1. The first-order valence-electron chi connectivity index (χ1n) is 9.54. The minimum Gasteiger partial charge on any atom is -0.497 e. The lowest BCUT2D eigenvalue weighted by atomic mass is 10.3. The standard InChI is InChI=1S/C21H27FN2O5S/c1-16(2)29-14-4-13-23-21(25)15-24(18-7-9-19(28-3)10-8-18)30(26,27)20-11-5-17(22)6-12-20/h5-12,16H,4,13-15H2,1-3H3,(H,23,25). The lowest BCUT2D eigenvalue weighted by Crippen LogP contribution is -2.41. The zero-order chi connectivity index (χ0) is 22.1. The quantitative estimate of drug-likeness (QED) is 0.545. The molecule has 0 radical (unpaired) electrons. The third kappa shape index (κ3) is 6.70. The number of ether oxygens (including phenoxy) is 2. The SMILES string of the molecule is COc1ccc(N(CC(=O)NCCCOC(C)C)S(=O)(=O)c2ccc(F)cc2)cc1. The highest BCUT2D eigenvalue weighted by Gasteiger charge is 2.27. The molecule has 0 unspecified atom stereocenters. The van der Waals surface area contributed by atoms with Crippen molar-refractivity contribution in [1.82, 2.24) is 5.32 Å². The molecule has 7 nitrogen and oxygen atoms in total. The molecule has 0 aliphatic carbocycles. The van der Waals surface area contributed by atoms with Gasteiger partial charge >= 0.3 is 0 Å². The van der Waals surface area contributed by atoms with Crippen molar-refractivity contribution in [3.05, 3.63) is 54.3 Å². The molecule has 2 rings (SSSR count). The number of hydrogen-bond acceptors (Lipinski definition) is 5. The van der Waals surface area contributed by atoms with Crippen LogP contribution in [0.1, 0.15) is 20.3 Å². The number of nitrogens with one attached hydrogen (secondary N) is 1. The van der Waals surface area contributed by atoms with Gasteiger partial charge in [-0.2, -0.15) is 0 Å². The van der Waals surface area contributed by atoms with Crippen LogP contribution in [-0.2, 0) is 19.6 Å². The van der Waals surface area contributed by atoms with Crippen LogP contribution in [0.2, 0.25) is 0 Å². The van der Waals surface area contributed by atoms with E-state index in [4.69, 9.17) is 9.47 Å². The number of hydrogen-bond donors (Lipinski definition) is 1. The highest BCUT2D eigenvalue weighted by atomic mass is 32.2. The first-order valence-corrected chi connectivity index (χ1v) is 11.0. The highest BCUT2D eigenvalue weighted by Crippen LogP contribution is 2.25. The third-order valence-electron chi connectivity index (χ3n) is 4.14. The number of sulfonamides is 1. The number of halogens is 1. The molecule has 0 fully saturated rings. The van der Waals surface area contributed by atoms with E-state index in [1.54, 1.807) is 24.3 Å². The van der Waals surface area contributed by atoms with Crippen LogP contribution in [0, 0.1) is 5.82 Å². The Kier molecular flexibility index (Phi) is 8.61. The van der Waals surface area contributed by atoms with Crippen LogP contribution in [0.5, 0.6) is 5.75 Å². The van der Waals surface area contributed by atoms with Gasteiger partial charge in [0, 0.05) is 13.2 Å². The van der Waals surface area contributed by atoms with E-state index in [1.165, 1.54) is 19.2 Å². The van der Waals surface area contributed by atoms with E-state index in [9.17, 15) is 17.6 Å². The largest absolute Gasteiger partial charge is 0.497 e. The van der Waals surface area contributed by atoms with Crippen LogP contribution in [-0.4, -0.2) is 47.2 Å². The van der Waals surface area contributed by atoms with Crippen LogP contribution < -0.4 is 14.4 Å². The molecule has 0 atom stereocenters. The summed E-state index contributed by atoms with van der Waals surface area (Å²) in [4.78, 5) is 12.3. The van der Waals surface area contributed by atoms with E-state index in [-0.39, 0.29) is 11.0 Å². The molecule has 0 spiro atoms. The Morgan fingerprint density at radius 1 is 1.10 bits per heavy atom. The fraction of sp³-hybridized carbons (Fsp3) is 0.381. The molecule has 0 aromatic heterocycles. The summed E-state index contributed by atoms with van der Waals surface area (Å²) >= 11 is 0. The second kappa shape index (κ2) is 10.9. The topological polar surface area (TPSA) is 84.9 Å². The molecule has 9 heteroatoms. The minimum atomic E-state index is -4.09. The van der Waals surface area contributed by atoms with E-state index in [0.717, 1.165) is 16.4 Å². The van der Waals surface area contributed by atoms with Crippen molar-refractivity contribution in [3.63, 3.8) is 0 Å². The van der Waals surface area contributed by atoms with Crippen molar-refractivity contribution in [3.8, 4) is 5.75 Å². The smallest absolute Gasteiger partial charge is 0.264 e. The molecular weight excluding hydrogens is 411 g/mol. The predicted molar refractivity (Wildman–Crippen MR) is 113 cm³/mol. The maximum Gasteiger partial charge on any atom is 0.264 e. The summed E-state index contributed by atoms with van der Waals surface area (Å²) in [6, 6.07) is 10.8. The average Bonchev–Trinajstić information content (AvgIpc) is 2.72. The Bertz CT molecular complexity index is 915. The number of anilines is 1. The number of rotatable bonds is 11. The van der Waals surface area contributed by atoms with Gasteiger partial charge in [0.25, 0.3) is 10.0 Å². The van der Waals surface area contributed by atoms with Crippen LogP contribution in [0.15, 0.2) is 53.4 Å². The Morgan fingerprint density at radius 3 is 2.30 bits per heavy atom. The van der Waals surface area contributed by atoms with Gasteiger partial charge in [0.1, 0.15) is 18.1 Å². The first kappa shape index (κ1) is 23.6. The van der Waals surface area contributed by atoms with Crippen molar-refractivity contribution in [1.29, 1.82) is 0 Å². The van der Waals surface area contributed by atoms with Crippen molar-refractivity contribution >= 4 is 21.6 Å². The zero-order valence-corrected chi connectivity index (χ0v) is 18.1. The normalized spacial score (nSPS) is 11.4. The van der Waals surface area contributed by atoms with Crippen molar-refractivity contribution in [2.75, 3.05) is 31.1 Å². The Balaban J connectivity index is 2.19. The number of methoxy groups -OCH3 is 1. The molecule has 30 heavy (non-hydrogen) atoms. The summed E-state index contributed by atoms with van der Waals surface area (Å²) in [7, 11) is -2.59. The van der Waals surface area contributed by atoms with Crippen LogP contribution in [0.4, 0.5) is 10.1 Å². The molecule has 0 aliphatic rings. The molecule has 0 bridgehead atoms. The number of nitrogens with zero attached hydrogens (tertiary/aromatic N) is 1. The van der Waals surface area contributed by atoms with E-state index < -0.39 is 28.3 Å². The van der Waals surface area contributed by atoms with Crippen LogP contribution in [0.25, 0.3) is 0 Å². The molecule has 2 aromatic carbocycles. The fourth-order valence-corrected chi connectivity index (χ4v) is 4.02. The Morgan fingerprint density at radius 2 is 1.73 bits per heavy atom. The van der Waals surface area contributed by atoms with Gasteiger partial charge < -0.3 is 14.8 Å². The average molecular weight is 439 g/mol. The second-order valence-corrected chi connectivity index (χ2v) is 8.65. The fourth-order valence-electron chi connectivity index (χ4n) is 2.60. The lowest BCUT2D eigenvalue weighted by Gasteiger charge is -2.24.